The predicted octanol–water partition coefficient (Wildman–Crippen LogP) is 5.17. The largest absolute Gasteiger partial charge is 0.453 e. The number of aryl methyl sites for hydroxylation is 1. The van der Waals surface area contributed by atoms with Crippen LogP contribution in [0.15, 0.2) is 24.3 Å². The number of fused-ring (bicyclic) bond motifs is 1. The van der Waals surface area contributed by atoms with Gasteiger partial charge in [0, 0.05) is 5.56 Å². The van der Waals surface area contributed by atoms with Gasteiger partial charge in [-0.25, -0.2) is 4.39 Å². The normalized spacial score (nSPS) is 13.0. The van der Waals surface area contributed by atoms with Gasteiger partial charge in [0.15, 0.2) is 11.6 Å². The van der Waals surface area contributed by atoms with E-state index in [-0.39, 0.29) is 18.5 Å². The number of allylic oxidation sites excluding steroid dienone is 1. The molecule has 2 aromatic rings. The lowest BCUT2D eigenvalue weighted by molar-refractivity contribution is -0.104. The minimum absolute atomic E-state index is 0.00464. The first-order chi connectivity index (χ1) is 12.0. The lowest BCUT2D eigenvalue weighted by Gasteiger charge is -2.21. The molecule has 1 aliphatic heterocycles. The van der Waals surface area contributed by atoms with Gasteiger partial charge in [-0.3, -0.25) is 4.79 Å². The van der Waals surface area contributed by atoms with Crippen LogP contribution in [0.2, 0.25) is 0 Å². The van der Waals surface area contributed by atoms with E-state index in [0.29, 0.717) is 5.75 Å². The number of halogens is 1. The fraction of sp³-hybridized carbons (Fsp3) is 0.286. The molecular formula is C21H21FO3. The molecule has 3 rings (SSSR count). The van der Waals surface area contributed by atoms with Gasteiger partial charge in [0.2, 0.25) is 12.5 Å². The Labute approximate surface area is 147 Å². The van der Waals surface area contributed by atoms with Crippen LogP contribution in [-0.2, 0) is 4.79 Å². The van der Waals surface area contributed by atoms with Gasteiger partial charge in [0.05, 0.1) is 0 Å². The molecule has 25 heavy (non-hydrogen) atoms. The zero-order valence-corrected chi connectivity index (χ0v) is 14.9. The summed E-state index contributed by atoms with van der Waals surface area (Å²) in [5, 5.41) is 0. The molecule has 0 spiro atoms. The van der Waals surface area contributed by atoms with Gasteiger partial charge in [-0.1, -0.05) is 26.0 Å². The standard InChI is InChI=1S/C21H21FO3/c1-12(2)17-10-13(3)14(4)19(15(17)6-5-9-23)16-7-8-18(22)21-20(16)24-11-25-21/h5-10,12H,11H2,1-4H3. The van der Waals surface area contributed by atoms with Crippen LogP contribution in [0.25, 0.3) is 17.2 Å². The maximum atomic E-state index is 14.0. The summed E-state index contributed by atoms with van der Waals surface area (Å²) >= 11 is 0. The Bertz CT molecular complexity index is 866. The minimum Gasteiger partial charge on any atom is -0.453 e. The summed E-state index contributed by atoms with van der Waals surface area (Å²) in [7, 11) is 0. The van der Waals surface area contributed by atoms with E-state index in [1.807, 2.05) is 13.0 Å². The second kappa shape index (κ2) is 6.71. The summed E-state index contributed by atoms with van der Waals surface area (Å²) in [5.74, 6) is 0.407. The number of rotatable bonds is 4. The van der Waals surface area contributed by atoms with Gasteiger partial charge >= 0.3 is 0 Å². The molecule has 2 aromatic carbocycles. The molecule has 1 aliphatic rings. The van der Waals surface area contributed by atoms with E-state index >= 15 is 0 Å². The van der Waals surface area contributed by atoms with Crippen LogP contribution in [0.5, 0.6) is 11.5 Å². The van der Waals surface area contributed by atoms with Crippen LogP contribution in [0.3, 0.4) is 0 Å². The molecule has 0 saturated carbocycles. The van der Waals surface area contributed by atoms with Crippen LogP contribution < -0.4 is 9.47 Å². The van der Waals surface area contributed by atoms with E-state index in [0.717, 1.165) is 39.7 Å². The van der Waals surface area contributed by atoms with Gasteiger partial charge in [0.25, 0.3) is 0 Å². The number of benzene rings is 2. The molecule has 0 atom stereocenters. The summed E-state index contributed by atoms with van der Waals surface area (Å²) in [5.41, 5.74) is 6.02. The van der Waals surface area contributed by atoms with Crippen molar-refractivity contribution in [3.63, 3.8) is 0 Å². The molecule has 1 heterocycles. The van der Waals surface area contributed by atoms with E-state index < -0.39 is 5.82 Å². The number of carbonyl (C=O) groups excluding carboxylic acids is 1. The Morgan fingerprint density at radius 1 is 1.16 bits per heavy atom. The van der Waals surface area contributed by atoms with Crippen molar-refractivity contribution in [3.05, 3.63) is 52.3 Å². The highest BCUT2D eigenvalue weighted by Gasteiger charge is 2.26. The van der Waals surface area contributed by atoms with Crippen molar-refractivity contribution < 1.29 is 18.7 Å². The molecule has 0 bridgehead atoms. The second-order valence-electron chi connectivity index (χ2n) is 6.51. The molecular weight excluding hydrogens is 319 g/mol. The first kappa shape index (κ1) is 17.2. The van der Waals surface area contributed by atoms with E-state index in [1.54, 1.807) is 6.07 Å². The number of hydrogen-bond donors (Lipinski definition) is 0. The molecule has 0 aliphatic carbocycles. The second-order valence-corrected chi connectivity index (χ2v) is 6.51. The Morgan fingerprint density at radius 3 is 2.56 bits per heavy atom. The average Bonchev–Trinajstić information content (AvgIpc) is 3.07. The van der Waals surface area contributed by atoms with Crippen LogP contribution in [0, 0.1) is 19.7 Å². The quantitative estimate of drug-likeness (QED) is 0.569. The van der Waals surface area contributed by atoms with Crippen LogP contribution in [0.4, 0.5) is 4.39 Å². The van der Waals surface area contributed by atoms with Crippen molar-refractivity contribution in [1.82, 2.24) is 0 Å². The fourth-order valence-electron chi connectivity index (χ4n) is 3.26. The van der Waals surface area contributed by atoms with Crippen molar-refractivity contribution in [2.75, 3.05) is 6.79 Å². The topological polar surface area (TPSA) is 35.5 Å². The van der Waals surface area contributed by atoms with Crippen LogP contribution in [0.1, 0.15) is 42.0 Å². The van der Waals surface area contributed by atoms with Crippen molar-refractivity contribution in [2.45, 2.75) is 33.6 Å². The first-order valence-electron chi connectivity index (χ1n) is 8.30. The fourth-order valence-corrected chi connectivity index (χ4v) is 3.26. The van der Waals surface area contributed by atoms with Gasteiger partial charge < -0.3 is 9.47 Å². The first-order valence-corrected chi connectivity index (χ1v) is 8.30. The summed E-state index contributed by atoms with van der Waals surface area (Å²) in [4.78, 5) is 10.9. The van der Waals surface area contributed by atoms with Crippen LogP contribution >= 0.6 is 0 Å². The third kappa shape index (κ3) is 2.93. The Balaban J connectivity index is 2.38. The highest BCUT2D eigenvalue weighted by atomic mass is 19.1. The Morgan fingerprint density at radius 2 is 1.88 bits per heavy atom. The SMILES string of the molecule is Cc1cc(C(C)C)c(C=CC=O)c(-c2ccc(F)c3c2OCO3)c1C. The smallest absolute Gasteiger partial charge is 0.231 e. The summed E-state index contributed by atoms with van der Waals surface area (Å²) in [6, 6.07) is 5.26. The molecule has 0 amide bonds. The number of aldehydes is 1. The Kier molecular flexibility index (Phi) is 4.62. The van der Waals surface area contributed by atoms with Crippen molar-refractivity contribution in [2.24, 2.45) is 0 Å². The third-order valence-electron chi connectivity index (χ3n) is 4.62. The molecule has 0 unspecified atom stereocenters. The third-order valence-corrected chi connectivity index (χ3v) is 4.62. The number of carbonyl (C=O) groups is 1. The molecule has 0 N–H and O–H groups in total. The lowest BCUT2D eigenvalue weighted by Crippen LogP contribution is -2.01. The molecule has 0 radical (unpaired) electrons. The molecule has 4 heteroatoms. The predicted molar refractivity (Wildman–Crippen MR) is 96.6 cm³/mol. The van der Waals surface area contributed by atoms with Crippen LogP contribution in [-0.4, -0.2) is 13.1 Å². The molecule has 0 saturated heterocycles. The molecule has 130 valence electrons. The number of ether oxygens (including phenoxy) is 2. The minimum atomic E-state index is -0.435. The van der Waals surface area contributed by atoms with E-state index in [9.17, 15) is 9.18 Å². The van der Waals surface area contributed by atoms with Gasteiger partial charge in [-0.2, -0.15) is 0 Å². The van der Waals surface area contributed by atoms with Crippen molar-refractivity contribution >= 4 is 12.4 Å². The molecule has 0 fully saturated rings. The zero-order chi connectivity index (χ0) is 18.1. The highest BCUT2D eigenvalue weighted by Crippen LogP contribution is 2.46. The highest BCUT2D eigenvalue weighted by molar-refractivity contribution is 5.88. The maximum Gasteiger partial charge on any atom is 0.231 e. The average molecular weight is 340 g/mol. The monoisotopic (exact) mass is 340 g/mol. The van der Waals surface area contributed by atoms with E-state index in [4.69, 9.17) is 9.47 Å². The number of hydrogen-bond acceptors (Lipinski definition) is 3. The molecule has 3 nitrogen and oxygen atoms in total. The molecule has 0 aromatic heterocycles. The maximum absolute atomic E-state index is 14.0. The van der Waals surface area contributed by atoms with Gasteiger partial charge in [-0.15, -0.1) is 0 Å². The van der Waals surface area contributed by atoms with E-state index in [1.165, 1.54) is 12.1 Å². The van der Waals surface area contributed by atoms with Gasteiger partial charge in [0.1, 0.15) is 6.29 Å². The van der Waals surface area contributed by atoms with Gasteiger partial charge in [-0.05, 0) is 65.8 Å². The van der Waals surface area contributed by atoms with Crippen molar-refractivity contribution in [1.29, 1.82) is 0 Å². The summed E-state index contributed by atoms with van der Waals surface area (Å²) in [6.07, 6.45) is 4.06. The van der Waals surface area contributed by atoms with E-state index in [2.05, 4.69) is 26.8 Å². The summed E-state index contributed by atoms with van der Waals surface area (Å²) < 4.78 is 24.9. The Hall–Kier alpha value is -2.62. The zero-order valence-electron chi connectivity index (χ0n) is 14.9. The van der Waals surface area contributed by atoms with Crippen molar-refractivity contribution in [3.8, 4) is 22.6 Å². The lowest BCUT2D eigenvalue weighted by atomic mass is 9.84. The summed E-state index contributed by atoms with van der Waals surface area (Å²) in [6.45, 7) is 8.31.